The largest absolute Gasteiger partial charge is 0.331 e. The van der Waals surface area contributed by atoms with E-state index in [4.69, 9.17) is 11.6 Å². The van der Waals surface area contributed by atoms with Crippen molar-refractivity contribution in [3.63, 3.8) is 0 Å². The number of para-hydroxylation sites is 1. The van der Waals surface area contributed by atoms with E-state index in [1.54, 1.807) is 12.1 Å². The monoisotopic (exact) mass is 394 g/mol. The third kappa shape index (κ3) is 3.83. The molecule has 0 atom stereocenters. The summed E-state index contributed by atoms with van der Waals surface area (Å²) in [5.74, 6) is -0.106. The molecule has 1 saturated carbocycles. The number of H-pyrrole nitrogens is 1. The van der Waals surface area contributed by atoms with Gasteiger partial charge in [-0.25, -0.2) is 0 Å². The first-order chi connectivity index (χ1) is 13.6. The quantitative estimate of drug-likeness (QED) is 0.664. The standard InChI is InChI=1S/C23H23ClN2O2/c24-20-12-6-5-11-19(20)23(28)26(18-9-2-1-3-10-18)15-17-14-16-8-4-7-13-21(16)25-22(17)27/h4-8,11-14,18H,1-3,9-10,15H2,(H,25,27). The van der Waals surface area contributed by atoms with Crippen LogP contribution in [0, 0.1) is 0 Å². The fraction of sp³-hybridized carbons (Fsp3) is 0.304. The molecule has 0 radical (unpaired) electrons. The second-order valence-corrected chi connectivity index (χ2v) is 7.82. The molecule has 1 amide bonds. The second kappa shape index (κ2) is 8.19. The van der Waals surface area contributed by atoms with Gasteiger partial charge in [-0.15, -0.1) is 0 Å². The van der Waals surface area contributed by atoms with Crippen LogP contribution in [0.4, 0.5) is 0 Å². The highest BCUT2D eigenvalue weighted by atomic mass is 35.5. The molecule has 3 aromatic rings. The number of hydrogen-bond donors (Lipinski definition) is 1. The molecule has 0 bridgehead atoms. The van der Waals surface area contributed by atoms with Crippen LogP contribution in [0.5, 0.6) is 0 Å². The summed E-state index contributed by atoms with van der Waals surface area (Å²) in [5.41, 5.74) is 1.75. The van der Waals surface area contributed by atoms with Crippen molar-refractivity contribution in [3.05, 3.63) is 81.1 Å². The lowest BCUT2D eigenvalue weighted by Gasteiger charge is -2.34. The summed E-state index contributed by atoms with van der Waals surface area (Å²) >= 11 is 6.30. The molecule has 4 rings (SSSR count). The van der Waals surface area contributed by atoms with Gasteiger partial charge in [0.1, 0.15) is 0 Å². The first-order valence-corrected chi connectivity index (χ1v) is 10.2. The summed E-state index contributed by atoms with van der Waals surface area (Å²) in [6, 6.07) is 16.8. The Morgan fingerprint density at radius 2 is 1.75 bits per heavy atom. The molecular formula is C23H23ClN2O2. The fourth-order valence-electron chi connectivity index (χ4n) is 4.04. The van der Waals surface area contributed by atoms with Crippen molar-refractivity contribution < 1.29 is 4.79 Å². The number of pyridine rings is 1. The number of amides is 1. The number of carbonyl (C=O) groups excluding carboxylic acids is 1. The molecule has 1 aliphatic rings. The Labute approximate surface area is 169 Å². The summed E-state index contributed by atoms with van der Waals surface area (Å²) in [6.07, 6.45) is 5.32. The third-order valence-corrected chi connectivity index (χ3v) is 5.88. The van der Waals surface area contributed by atoms with Crippen molar-refractivity contribution in [2.75, 3.05) is 0 Å². The maximum atomic E-state index is 13.4. The highest BCUT2D eigenvalue weighted by Crippen LogP contribution is 2.27. The van der Waals surface area contributed by atoms with Gasteiger partial charge in [-0.2, -0.15) is 0 Å². The highest BCUT2D eigenvalue weighted by Gasteiger charge is 2.28. The number of nitrogens with zero attached hydrogens (tertiary/aromatic N) is 1. The minimum absolute atomic E-state index is 0.106. The first kappa shape index (κ1) is 18.8. The molecular weight excluding hydrogens is 372 g/mol. The average molecular weight is 395 g/mol. The molecule has 1 fully saturated rings. The van der Waals surface area contributed by atoms with Crippen LogP contribution in [-0.2, 0) is 6.54 Å². The molecule has 5 heteroatoms. The van der Waals surface area contributed by atoms with Crippen LogP contribution >= 0.6 is 11.6 Å². The number of carbonyl (C=O) groups is 1. The van der Waals surface area contributed by atoms with Crippen LogP contribution < -0.4 is 5.56 Å². The topological polar surface area (TPSA) is 53.2 Å². The maximum absolute atomic E-state index is 13.4. The molecule has 0 spiro atoms. The molecule has 0 saturated heterocycles. The van der Waals surface area contributed by atoms with E-state index >= 15 is 0 Å². The predicted molar refractivity (Wildman–Crippen MR) is 113 cm³/mol. The van der Waals surface area contributed by atoms with Crippen LogP contribution in [0.1, 0.15) is 48.0 Å². The summed E-state index contributed by atoms with van der Waals surface area (Å²) in [6.45, 7) is 0.287. The predicted octanol–water partition coefficient (Wildman–Crippen LogP) is 5.16. The van der Waals surface area contributed by atoms with E-state index in [0.29, 0.717) is 16.1 Å². The van der Waals surface area contributed by atoms with Crippen molar-refractivity contribution in [2.24, 2.45) is 0 Å². The van der Waals surface area contributed by atoms with Gasteiger partial charge in [0.05, 0.1) is 17.1 Å². The summed E-state index contributed by atoms with van der Waals surface area (Å²) in [4.78, 5) is 30.8. The minimum atomic E-state index is -0.147. The van der Waals surface area contributed by atoms with Gasteiger partial charge in [0.15, 0.2) is 0 Å². The zero-order chi connectivity index (χ0) is 19.5. The molecule has 2 aromatic carbocycles. The first-order valence-electron chi connectivity index (χ1n) is 9.80. The van der Waals surface area contributed by atoms with E-state index in [2.05, 4.69) is 4.98 Å². The smallest absolute Gasteiger partial charge is 0.255 e. The number of aromatic amines is 1. The second-order valence-electron chi connectivity index (χ2n) is 7.42. The Balaban J connectivity index is 1.72. The van der Waals surface area contributed by atoms with Crippen LogP contribution in [0.3, 0.4) is 0 Å². The zero-order valence-corrected chi connectivity index (χ0v) is 16.4. The Bertz CT molecular complexity index is 1050. The Hall–Kier alpha value is -2.59. The zero-order valence-electron chi connectivity index (χ0n) is 15.7. The van der Waals surface area contributed by atoms with Crippen molar-refractivity contribution in [2.45, 2.75) is 44.7 Å². The van der Waals surface area contributed by atoms with E-state index in [0.717, 1.165) is 36.6 Å². The maximum Gasteiger partial charge on any atom is 0.255 e. The molecule has 28 heavy (non-hydrogen) atoms. The van der Waals surface area contributed by atoms with Gasteiger partial charge in [0.2, 0.25) is 0 Å². The number of rotatable bonds is 4. The normalized spacial score (nSPS) is 14.9. The Kier molecular flexibility index (Phi) is 5.49. The summed E-state index contributed by atoms with van der Waals surface area (Å²) in [5, 5.41) is 1.41. The van der Waals surface area contributed by atoms with Gasteiger partial charge in [-0.1, -0.05) is 61.2 Å². The molecule has 4 nitrogen and oxygen atoms in total. The summed E-state index contributed by atoms with van der Waals surface area (Å²) in [7, 11) is 0. The van der Waals surface area contributed by atoms with Crippen molar-refractivity contribution in [3.8, 4) is 0 Å². The summed E-state index contributed by atoms with van der Waals surface area (Å²) < 4.78 is 0. The highest BCUT2D eigenvalue weighted by molar-refractivity contribution is 6.33. The van der Waals surface area contributed by atoms with E-state index in [-0.39, 0.29) is 24.1 Å². The molecule has 1 aliphatic carbocycles. The molecule has 1 aromatic heterocycles. The van der Waals surface area contributed by atoms with E-state index < -0.39 is 0 Å². The average Bonchev–Trinajstić information content (AvgIpc) is 2.72. The Morgan fingerprint density at radius 1 is 1.04 bits per heavy atom. The number of nitrogens with one attached hydrogen (secondary N) is 1. The number of halogens is 1. The molecule has 0 unspecified atom stereocenters. The SMILES string of the molecule is O=C(c1ccccc1Cl)N(Cc1cc2ccccc2[nH]c1=O)C1CCCCC1. The van der Waals surface area contributed by atoms with Crippen LogP contribution in [0.15, 0.2) is 59.4 Å². The molecule has 0 aliphatic heterocycles. The molecule has 1 heterocycles. The minimum Gasteiger partial charge on any atom is -0.331 e. The van der Waals surface area contributed by atoms with Crippen molar-refractivity contribution in [1.82, 2.24) is 9.88 Å². The number of aromatic nitrogens is 1. The number of fused-ring (bicyclic) bond motifs is 1. The van der Waals surface area contributed by atoms with Crippen LogP contribution in [0.25, 0.3) is 10.9 Å². The van der Waals surface area contributed by atoms with Crippen LogP contribution in [0.2, 0.25) is 5.02 Å². The van der Waals surface area contributed by atoms with Gasteiger partial charge in [0.25, 0.3) is 11.5 Å². The van der Waals surface area contributed by atoms with Gasteiger partial charge in [-0.3, -0.25) is 9.59 Å². The Morgan fingerprint density at radius 3 is 2.54 bits per heavy atom. The molecule has 144 valence electrons. The van der Waals surface area contributed by atoms with E-state index in [1.807, 2.05) is 47.4 Å². The van der Waals surface area contributed by atoms with Gasteiger partial charge in [-0.05, 0) is 42.5 Å². The fourth-order valence-corrected chi connectivity index (χ4v) is 4.26. The van der Waals surface area contributed by atoms with Gasteiger partial charge >= 0.3 is 0 Å². The number of hydrogen-bond acceptors (Lipinski definition) is 2. The van der Waals surface area contributed by atoms with Gasteiger partial charge < -0.3 is 9.88 Å². The van der Waals surface area contributed by atoms with Crippen molar-refractivity contribution >= 4 is 28.4 Å². The van der Waals surface area contributed by atoms with Gasteiger partial charge in [0, 0.05) is 17.1 Å². The van der Waals surface area contributed by atoms with Crippen LogP contribution in [-0.4, -0.2) is 21.8 Å². The number of benzene rings is 2. The van der Waals surface area contributed by atoms with Crippen molar-refractivity contribution in [1.29, 1.82) is 0 Å². The third-order valence-electron chi connectivity index (χ3n) is 5.55. The lowest BCUT2D eigenvalue weighted by molar-refractivity contribution is 0.0613. The lowest BCUT2D eigenvalue weighted by Crippen LogP contribution is -2.42. The molecule has 1 N–H and O–H groups in total. The van der Waals surface area contributed by atoms with E-state index in [9.17, 15) is 9.59 Å². The van der Waals surface area contributed by atoms with E-state index in [1.165, 1.54) is 6.42 Å². The lowest BCUT2D eigenvalue weighted by atomic mass is 9.93.